The fourth-order valence-corrected chi connectivity index (χ4v) is 0.892. The Hall–Kier alpha value is -2.02. The van der Waals surface area contributed by atoms with Crippen molar-refractivity contribution in [2.24, 2.45) is 0 Å². The van der Waals surface area contributed by atoms with Gasteiger partial charge in [0.1, 0.15) is 5.75 Å². The quantitative estimate of drug-likeness (QED) is 0.316. The zero-order valence-corrected chi connectivity index (χ0v) is 7.47. The zero-order chi connectivity index (χ0) is 10.4. The lowest BCUT2D eigenvalue weighted by Gasteiger charge is -2.02. The van der Waals surface area contributed by atoms with Crippen molar-refractivity contribution in [3.8, 4) is 18.1 Å². The van der Waals surface area contributed by atoms with Crippen molar-refractivity contribution in [1.82, 2.24) is 0 Å². The fraction of sp³-hybridized carbons (Fsp3) is 0.200. The van der Waals surface area contributed by atoms with Gasteiger partial charge in [-0.15, -0.1) is 12.3 Å². The van der Waals surface area contributed by atoms with E-state index in [0.29, 0.717) is 18.8 Å². The second-order valence-corrected chi connectivity index (χ2v) is 2.55. The van der Waals surface area contributed by atoms with Crippen LogP contribution in [-0.4, -0.2) is 11.5 Å². The molecule has 1 aromatic carbocycles. The molecule has 0 spiro atoms. The first-order valence-electron chi connectivity index (χ1n) is 4.05. The molecule has 1 rings (SSSR count). The van der Waals surface area contributed by atoms with Gasteiger partial charge in [-0.1, -0.05) is 0 Å². The van der Waals surface area contributed by atoms with Crippen LogP contribution < -0.4 is 4.74 Å². The van der Waals surface area contributed by atoms with Crippen molar-refractivity contribution in [3.63, 3.8) is 0 Å². The SMILES string of the molecule is C#CCCOc1ccc([N+](=O)[O-])cc1. The minimum atomic E-state index is -0.453. The van der Waals surface area contributed by atoms with Gasteiger partial charge in [-0.05, 0) is 12.1 Å². The van der Waals surface area contributed by atoms with E-state index in [1.54, 1.807) is 12.1 Å². The molecule has 0 N–H and O–H groups in total. The molecule has 4 heteroatoms. The minimum absolute atomic E-state index is 0.0503. The van der Waals surface area contributed by atoms with Crippen molar-refractivity contribution in [3.05, 3.63) is 34.4 Å². The second kappa shape index (κ2) is 4.87. The molecule has 0 bridgehead atoms. The van der Waals surface area contributed by atoms with Gasteiger partial charge < -0.3 is 4.74 Å². The lowest BCUT2D eigenvalue weighted by Crippen LogP contribution is -1.95. The largest absolute Gasteiger partial charge is 0.493 e. The summed E-state index contributed by atoms with van der Waals surface area (Å²) in [5.74, 6) is 3.02. The number of terminal acetylenes is 1. The van der Waals surface area contributed by atoms with Crippen LogP contribution in [0.4, 0.5) is 5.69 Å². The molecule has 72 valence electrons. The van der Waals surface area contributed by atoms with Gasteiger partial charge in [0.25, 0.3) is 5.69 Å². The smallest absolute Gasteiger partial charge is 0.269 e. The Balaban J connectivity index is 2.56. The third-order valence-electron chi connectivity index (χ3n) is 1.56. The topological polar surface area (TPSA) is 52.4 Å². The van der Waals surface area contributed by atoms with Gasteiger partial charge in [-0.2, -0.15) is 0 Å². The van der Waals surface area contributed by atoms with E-state index in [-0.39, 0.29) is 5.69 Å². The maximum absolute atomic E-state index is 10.3. The maximum Gasteiger partial charge on any atom is 0.269 e. The van der Waals surface area contributed by atoms with E-state index in [2.05, 4.69) is 5.92 Å². The zero-order valence-electron chi connectivity index (χ0n) is 7.47. The fourth-order valence-electron chi connectivity index (χ4n) is 0.892. The summed E-state index contributed by atoms with van der Waals surface area (Å²) in [6.45, 7) is 0.425. The first-order chi connectivity index (χ1) is 6.74. The molecule has 0 aromatic heterocycles. The lowest BCUT2D eigenvalue weighted by molar-refractivity contribution is -0.384. The molecule has 0 amide bonds. The number of nitro benzene ring substituents is 1. The van der Waals surface area contributed by atoms with E-state index in [0.717, 1.165) is 0 Å². The summed E-state index contributed by atoms with van der Waals surface area (Å²) in [4.78, 5) is 9.86. The molecular formula is C10H9NO3. The van der Waals surface area contributed by atoms with Crippen LogP contribution in [0.25, 0.3) is 0 Å². The van der Waals surface area contributed by atoms with Gasteiger partial charge in [-0.3, -0.25) is 10.1 Å². The highest BCUT2D eigenvalue weighted by Gasteiger charge is 2.03. The van der Waals surface area contributed by atoms with Gasteiger partial charge in [0.2, 0.25) is 0 Å². The summed E-state index contributed by atoms with van der Waals surface area (Å²) < 4.78 is 5.22. The van der Waals surface area contributed by atoms with E-state index in [9.17, 15) is 10.1 Å². The number of rotatable bonds is 4. The molecule has 0 aliphatic carbocycles. The van der Waals surface area contributed by atoms with E-state index < -0.39 is 4.92 Å². The predicted molar refractivity (Wildman–Crippen MR) is 52.0 cm³/mol. The van der Waals surface area contributed by atoms with Crippen LogP contribution in [0.1, 0.15) is 6.42 Å². The number of non-ortho nitro benzene ring substituents is 1. The molecule has 0 unspecified atom stereocenters. The second-order valence-electron chi connectivity index (χ2n) is 2.55. The average molecular weight is 191 g/mol. The van der Waals surface area contributed by atoms with Crippen molar-refractivity contribution >= 4 is 5.69 Å². The Morgan fingerprint density at radius 1 is 1.43 bits per heavy atom. The predicted octanol–water partition coefficient (Wildman–Crippen LogP) is 2.00. The van der Waals surface area contributed by atoms with Crippen LogP contribution in [0.3, 0.4) is 0 Å². The van der Waals surface area contributed by atoms with Crippen LogP contribution in [0.2, 0.25) is 0 Å². The maximum atomic E-state index is 10.3. The summed E-state index contributed by atoms with van der Waals surface area (Å²) in [6.07, 6.45) is 5.56. The number of benzene rings is 1. The summed E-state index contributed by atoms with van der Waals surface area (Å²) in [5.41, 5.74) is 0.0503. The van der Waals surface area contributed by atoms with Gasteiger partial charge in [0.05, 0.1) is 11.5 Å². The van der Waals surface area contributed by atoms with Crippen molar-refractivity contribution in [2.75, 3.05) is 6.61 Å². The third-order valence-corrected chi connectivity index (χ3v) is 1.56. The molecule has 0 heterocycles. The number of ether oxygens (including phenoxy) is 1. The van der Waals surface area contributed by atoms with Crippen LogP contribution in [0.15, 0.2) is 24.3 Å². The van der Waals surface area contributed by atoms with Crippen LogP contribution >= 0.6 is 0 Å². The Labute approximate surface area is 81.7 Å². The first-order valence-corrected chi connectivity index (χ1v) is 4.05. The van der Waals surface area contributed by atoms with Crippen molar-refractivity contribution in [1.29, 1.82) is 0 Å². The number of hydrogen-bond donors (Lipinski definition) is 0. The highest BCUT2D eigenvalue weighted by Crippen LogP contribution is 2.17. The molecular weight excluding hydrogens is 182 g/mol. The van der Waals surface area contributed by atoms with Gasteiger partial charge in [0, 0.05) is 18.6 Å². The molecule has 14 heavy (non-hydrogen) atoms. The summed E-state index contributed by atoms with van der Waals surface area (Å²) >= 11 is 0. The molecule has 0 fully saturated rings. The molecule has 1 aromatic rings. The minimum Gasteiger partial charge on any atom is -0.493 e. The Morgan fingerprint density at radius 3 is 2.57 bits per heavy atom. The molecule has 0 saturated heterocycles. The lowest BCUT2D eigenvalue weighted by atomic mass is 10.3. The summed E-state index contributed by atoms with van der Waals surface area (Å²) in [6, 6.07) is 5.89. The van der Waals surface area contributed by atoms with Crippen molar-refractivity contribution < 1.29 is 9.66 Å². The molecule has 0 atom stereocenters. The van der Waals surface area contributed by atoms with Crippen molar-refractivity contribution in [2.45, 2.75) is 6.42 Å². The van der Waals surface area contributed by atoms with E-state index >= 15 is 0 Å². The van der Waals surface area contributed by atoms with E-state index in [4.69, 9.17) is 11.2 Å². The third kappa shape index (κ3) is 2.79. The van der Waals surface area contributed by atoms with Gasteiger partial charge in [-0.25, -0.2) is 0 Å². The monoisotopic (exact) mass is 191 g/mol. The molecule has 4 nitrogen and oxygen atoms in total. The normalized spacial score (nSPS) is 9.07. The molecule has 0 aliphatic heterocycles. The average Bonchev–Trinajstić information content (AvgIpc) is 2.19. The highest BCUT2D eigenvalue weighted by atomic mass is 16.6. The van der Waals surface area contributed by atoms with Crippen LogP contribution in [0, 0.1) is 22.5 Å². The van der Waals surface area contributed by atoms with Crippen LogP contribution in [0.5, 0.6) is 5.75 Å². The Bertz CT molecular complexity index is 351. The Kier molecular flexibility index (Phi) is 3.50. The number of nitro groups is 1. The van der Waals surface area contributed by atoms with Gasteiger partial charge in [0.15, 0.2) is 0 Å². The molecule has 0 aliphatic rings. The standard InChI is InChI=1S/C10H9NO3/c1-2-3-8-14-10-6-4-9(5-7-10)11(12)13/h1,4-7H,3,8H2. The highest BCUT2D eigenvalue weighted by molar-refractivity contribution is 5.35. The summed E-state index contributed by atoms with van der Waals surface area (Å²) in [7, 11) is 0. The van der Waals surface area contributed by atoms with E-state index in [1.807, 2.05) is 0 Å². The number of nitrogens with zero attached hydrogens (tertiary/aromatic N) is 1. The first kappa shape index (κ1) is 10.1. The van der Waals surface area contributed by atoms with E-state index in [1.165, 1.54) is 12.1 Å². The molecule has 0 radical (unpaired) electrons. The van der Waals surface area contributed by atoms with Gasteiger partial charge >= 0.3 is 0 Å². The van der Waals surface area contributed by atoms with Crippen LogP contribution in [-0.2, 0) is 0 Å². The number of hydrogen-bond acceptors (Lipinski definition) is 3. The summed E-state index contributed by atoms with van der Waals surface area (Å²) in [5, 5.41) is 10.3. The Morgan fingerprint density at radius 2 is 2.07 bits per heavy atom. The molecule has 0 saturated carbocycles.